The summed E-state index contributed by atoms with van der Waals surface area (Å²) in [7, 11) is 0. The highest BCUT2D eigenvalue weighted by atomic mass is 16.5. The fraction of sp³-hybridized carbons (Fsp3) is 0.0417. The number of rotatable bonds is 1. The third-order valence-corrected chi connectivity index (χ3v) is 5.37. The molecule has 0 unspecified atom stereocenters. The molecule has 0 saturated carbocycles. The van der Waals surface area contributed by atoms with E-state index < -0.39 is 6.85 Å². The van der Waals surface area contributed by atoms with Crippen LogP contribution in [-0.2, 0) is 0 Å². The van der Waals surface area contributed by atoms with Crippen LogP contribution in [0.2, 0.25) is 0 Å². The molecule has 3 nitrogen and oxygen atoms in total. The normalized spacial score (nSPS) is 15.0. The van der Waals surface area contributed by atoms with E-state index in [2.05, 4.69) is 17.1 Å². The van der Waals surface area contributed by atoms with E-state index in [1.54, 1.807) is 6.07 Å². The molecule has 6 rings (SSSR count). The van der Waals surface area contributed by atoms with Gasteiger partial charge in [0.1, 0.15) is 23.0 Å². The number of nitrogens with zero attached hydrogens (tertiary/aromatic N) is 1. The van der Waals surface area contributed by atoms with Crippen LogP contribution in [0.3, 0.4) is 0 Å². The summed E-state index contributed by atoms with van der Waals surface area (Å²) in [5.41, 5.74) is 4.64. The minimum atomic E-state index is -2.21. The Hall–Kier alpha value is -3.53. The summed E-state index contributed by atoms with van der Waals surface area (Å²) in [6.45, 7) is -2.24. The SMILES string of the molecule is [2H]C([2H])([2H])c1ccnc(-c2ccc3c4c2Oc2ccccc2B4c2ccccc2O3)c1. The fourth-order valence-corrected chi connectivity index (χ4v) is 4.16. The van der Waals surface area contributed by atoms with Crippen LogP contribution in [0.1, 0.15) is 9.68 Å². The van der Waals surface area contributed by atoms with E-state index in [4.69, 9.17) is 13.6 Å². The number of ether oxygens (including phenoxy) is 2. The Morgan fingerprint density at radius 1 is 0.821 bits per heavy atom. The Kier molecular flexibility index (Phi) is 2.62. The van der Waals surface area contributed by atoms with Crippen molar-refractivity contribution in [2.75, 3.05) is 0 Å². The first-order valence-corrected chi connectivity index (χ1v) is 9.18. The number of para-hydroxylation sites is 2. The maximum absolute atomic E-state index is 7.76. The molecule has 0 bridgehead atoms. The molecule has 0 fully saturated rings. The fourth-order valence-electron chi connectivity index (χ4n) is 4.16. The number of hydrogen-bond acceptors (Lipinski definition) is 3. The molecular weight excluding hydrogens is 345 g/mol. The van der Waals surface area contributed by atoms with Crippen LogP contribution < -0.4 is 25.9 Å². The van der Waals surface area contributed by atoms with Gasteiger partial charge in [-0.2, -0.15) is 0 Å². The lowest BCUT2D eigenvalue weighted by atomic mass is 9.34. The number of aromatic nitrogens is 1. The highest BCUT2D eigenvalue weighted by Gasteiger charge is 2.40. The van der Waals surface area contributed by atoms with E-state index in [0.717, 1.165) is 39.2 Å². The van der Waals surface area contributed by atoms with Crippen LogP contribution in [-0.4, -0.2) is 11.7 Å². The molecule has 0 aliphatic carbocycles. The van der Waals surface area contributed by atoms with Crippen molar-refractivity contribution in [3.8, 4) is 34.3 Å². The average Bonchev–Trinajstić information content (AvgIpc) is 2.78. The van der Waals surface area contributed by atoms with E-state index in [9.17, 15) is 0 Å². The smallest absolute Gasteiger partial charge is 0.260 e. The van der Waals surface area contributed by atoms with Crippen LogP contribution in [0.4, 0.5) is 0 Å². The predicted octanol–water partition coefficient (Wildman–Crippen LogP) is 3.78. The van der Waals surface area contributed by atoms with Crippen LogP contribution in [0.15, 0.2) is 79.0 Å². The van der Waals surface area contributed by atoms with Gasteiger partial charge in [0.2, 0.25) is 0 Å². The zero-order chi connectivity index (χ0) is 21.2. The Balaban J connectivity index is 1.61. The molecule has 4 heteroatoms. The van der Waals surface area contributed by atoms with Gasteiger partial charge >= 0.3 is 0 Å². The maximum Gasteiger partial charge on any atom is 0.260 e. The molecule has 2 aliphatic heterocycles. The minimum Gasteiger partial charge on any atom is -0.458 e. The number of fused-ring (bicyclic) bond motifs is 4. The largest absolute Gasteiger partial charge is 0.458 e. The lowest BCUT2D eigenvalue weighted by molar-refractivity contribution is 0.465. The molecule has 132 valence electrons. The van der Waals surface area contributed by atoms with E-state index in [-0.39, 0.29) is 12.3 Å². The Morgan fingerprint density at radius 3 is 2.36 bits per heavy atom. The van der Waals surface area contributed by atoms with Gasteiger partial charge in [0, 0.05) is 21.3 Å². The molecule has 0 radical (unpaired) electrons. The van der Waals surface area contributed by atoms with Crippen molar-refractivity contribution in [3.05, 3.63) is 84.6 Å². The van der Waals surface area contributed by atoms with E-state index in [1.807, 2.05) is 48.5 Å². The summed E-state index contributed by atoms with van der Waals surface area (Å²) in [6, 6.07) is 23.0. The van der Waals surface area contributed by atoms with Crippen LogP contribution >= 0.6 is 0 Å². The highest BCUT2D eigenvalue weighted by molar-refractivity contribution is 6.98. The number of benzene rings is 3. The number of aryl methyl sites for hydroxylation is 1. The lowest BCUT2D eigenvalue weighted by Gasteiger charge is -2.33. The van der Waals surface area contributed by atoms with Crippen molar-refractivity contribution in [1.29, 1.82) is 0 Å². The van der Waals surface area contributed by atoms with Gasteiger partial charge in [-0.05, 0) is 59.7 Å². The third-order valence-electron chi connectivity index (χ3n) is 5.37. The summed E-state index contributed by atoms with van der Waals surface area (Å²) in [4.78, 5) is 4.46. The van der Waals surface area contributed by atoms with Crippen molar-refractivity contribution < 1.29 is 13.6 Å². The monoisotopic (exact) mass is 364 g/mol. The zero-order valence-corrected chi connectivity index (χ0v) is 14.8. The first kappa shape index (κ1) is 12.8. The molecule has 3 heterocycles. The molecule has 0 spiro atoms. The van der Waals surface area contributed by atoms with E-state index in [0.29, 0.717) is 11.4 Å². The topological polar surface area (TPSA) is 31.4 Å². The summed E-state index contributed by atoms with van der Waals surface area (Å²) in [6.07, 6.45) is 1.53. The zero-order valence-electron chi connectivity index (χ0n) is 17.8. The molecule has 4 aromatic rings. The second-order valence-corrected chi connectivity index (χ2v) is 7.00. The molecule has 0 N–H and O–H groups in total. The maximum atomic E-state index is 7.76. The molecule has 2 aliphatic rings. The summed E-state index contributed by atoms with van der Waals surface area (Å²) >= 11 is 0. The van der Waals surface area contributed by atoms with Crippen LogP contribution in [0.25, 0.3) is 11.3 Å². The standard InChI is InChI=1S/C24H16BNO2/c1-15-12-13-26-19(14-15)16-10-11-22-23-24(16)28-21-9-5-3-7-18(21)25(23)17-6-2-4-8-20(17)27-22/h2-14H,1H3/i1D3. The van der Waals surface area contributed by atoms with Crippen molar-refractivity contribution in [1.82, 2.24) is 4.98 Å². The van der Waals surface area contributed by atoms with Crippen molar-refractivity contribution in [2.45, 2.75) is 6.85 Å². The predicted molar refractivity (Wildman–Crippen MR) is 112 cm³/mol. The Bertz CT molecular complexity index is 1340. The first-order chi connectivity index (χ1) is 15.0. The van der Waals surface area contributed by atoms with Crippen molar-refractivity contribution in [3.63, 3.8) is 0 Å². The van der Waals surface area contributed by atoms with Gasteiger partial charge in [-0.1, -0.05) is 36.4 Å². The molecule has 0 atom stereocenters. The van der Waals surface area contributed by atoms with Crippen molar-refractivity contribution in [2.24, 2.45) is 0 Å². The van der Waals surface area contributed by atoms with Gasteiger partial charge < -0.3 is 9.47 Å². The average molecular weight is 364 g/mol. The van der Waals surface area contributed by atoms with Crippen LogP contribution in [0, 0.1) is 6.85 Å². The van der Waals surface area contributed by atoms with E-state index >= 15 is 0 Å². The summed E-state index contributed by atoms with van der Waals surface area (Å²) < 4.78 is 35.9. The van der Waals surface area contributed by atoms with Gasteiger partial charge in [-0.25, -0.2) is 0 Å². The lowest BCUT2D eigenvalue weighted by Crippen LogP contribution is -2.57. The number of pyridine rings is 1. The summed E-state index contributed by atoms with van der Waals surface area (Å²) in [5.74, 6) is 3.01. The van der Waals surface area contributed by atoms with Gasteiger partial charge in [0.25, 0.3) is 6.71 Å². The quantitative estimate of drug-likeness (QED) is 0.416. The second-order valence-electron chi connectivity index (χ2n) is 7.00. The Morgan fingerprint density at radius 2 is 1.57 bits per heavy atom. The molecule has 1 aromatic heterocycles. The minimum absolute atomic E-state index is 0.0364. The first-order valence-electron chi connectivity index (χ1n) is 10.7. The van der Waals surface area contributed by atoms with E-state index in [1.165, 1.54) is 12.3 Å². The van der Waals surface area contributed by atoms with Gasteiger partial charge in [-0.3, -0.25) is 4.98 Å². The molecule has 3 aromatic carbocycles. The van der Waals surface area contributed by atoms with Crippen molar-refractivity contribution >= 4 is 23.1 Å². The van der Waals surface area contributed by atoms with Crippen LogP contribution in [0.5, 0.6) is 23.0 Å². The molecule has 28 heavy (non-hydrogen) atoms. The third kappa shape index (κ3) is 2.15. The molecular formula is C24H16BNO2. The highest BCUT2D eigenvalue weighted by Crippen LogP contribution is 2.39. The second kappa shape index (κ2) is 5.73. The van der Waals surface area contributed by atoms with Gasteiger partial charge in [0.15, 0.2) is 0 Å². The number of hydrogen-bond donors (Lipinski definition) is 0. The molecule has 0 amide bonds. The summed E-state index contributed by atoms with van der Waals surface area (Å²) in [5, 5.41) is 0. The van der Waals surface area contributed by atoms with Gasteiger partial charge in [0.05, 0.1) is 5.69 Å². The Labute approximate surface area is 167 Å². The van der Waals surface area contributed by atoms with Gasteiger partial charge in [-0.15, -0.1) is 0 Å². The molecule has 0 saturated heterocycles.